The fourth-order valence-electron chi connectivity index (χ4n) is 3.42. The first-order chi connectivity index (χ1) is 12.2. The summed E-state index contributed by atoms with van der Waals surface area (Å²) in [5, 5.41) is 12.6. The topological polar surface area (TPSA) is 59.8 Å². The lowest BCUT2D eigenvalue weighted by molar-refractivity contribution is -0.113. The van der Waals surface area contributed by atoms with E-state index in [1.807, 2.05) is 31.2 Å². The minimum absolute atomic E-state index is 0.0135. The molecule has 1 heterocycles. The van der Waals surface area contributed by atoms with Crippen LogP contribution in [-0.4, -0.2) is 26.4 Å². The highest BCUT2D eigenvalue weighted by molar-refractivity contribution is 7.99. The highest BCUT2D eigenvalue weighted by Gasteiger charge is 2.23. The Hall–Kier alpha value is -1.82. The molecular formula is C19H26N4OS. The van der Waals surface area contributed by atoms with Gasteiger partial charge in [0.1, 0.15) is 5.82 Å². The molecule has 1 fully saturated rings. The van der Waals surface area contributed by atoms with Crippen LogP contribution in [0.2, 0.25) is 0 Å². The van der Waals surface area contributed by atoms with Gasteiger partial charge in [0, 0.05) is 18.2 Å². The molecule has 3 rings (SSSR count). The quantitative estimate of drug-likeness (QED) is 0.778. The lowest BCUT2D eigenvalue weighted by Crippen LogP contribution is -2.15. The zero-order valence-corrected chi connectivity index (χ0v) is 15.8. The molecule has 1 saturated carbocycles. The normalized spacial score (nSPS) is 15.3. The molecule has 1 N–H and O–H groups in total. The fourth-order valence-corrected chi connectivity index (χ4v) is 4.23. The SMILES string of the molecule is CCn1c(SCC(=O)Nc2cccc(C)c2)nnc1C1CCCCC1. The number of carbonyl (C=O) groups is 1. The van der Waals surface area contributed by atoms with Gasteiger partial charge in [0.2, 0.25) is 5.91 Å². The standard InChI is InChI=1S/C19H26N4OS/c1-3-23-18(15-9-5-4-6-10-15)21-22-19(23)25-13-17(24)20-16-11-7-8-14(2)12-16/h7-8,11-12,15H,3-6,9-10,13H2,1-2H3,(H,20,24). The third-order valence-corrected chi connectivity index (χ3v) is 5.63. The van der Waals surface area contributed by atoms with E-state index in [-0.39, 0.29) is 5.91 Å². The van der Waals surface area contributed by atoms with E-state index in [2.05, 4.69) is 27.0 Å². The highest BCUT2D eigenvalue weighted by Crippen LogP contribution is 2.33. The number of rotatable bonds is 6. The number of aromatic nitrogens is 3. The second-order valence-electron chi connectivity index (χ2n) is 6.63. The minimum Gasteiger partial charge on any atom is -0.325 e. The molecule has 1 amide bonds. The van der Waals surface area contributed by atoms with Gasteiger partial charge in [-0.1, -0.05) is 43.2 Å². The lowest BCUT2D eigenvalue weighted by atomic mass is 9.89. The Morgan fingerprint density at radius 3 is 2.80 bits per heavy atom. The molecule has 6 heteroatoms. The molecule has 0 spiro atoms. The Bertz CT molecular complexity index is 722. The van der Waals surface area contributed by atoms with Crippen LogP contribution < -0.4 is 5.32 Å². The number of nitrogens with zero attached hydrogens (tertiary/aromatic N) is 3. The molecule has 0 atom stereocenters. The number of benzene rings is 1. The largest absolute Gasteiger partial charge is 0.325 e. The van der Waals surface area contributed by atoms with E-state index >= 15 is 0 Å². The monoisotopic (exact) mass is 358 g/mol. The number of carbonyl (C=O) groups excluding carboxylic acids is 1. The molecule has 0 aliphatic heterocycles. The Morgan fingerprint density at radius 1 is 1.28 bits per heavy atom. The number of anilines is 1. The summed E-state index contributed by atoms with van der Waals surface area (Å²) in [5.41, 5.74) is 1.97. The summed E-state index contributed by atoms with van der Waals surface area (Å²) < 4.78 is 2.18. The van der Waals surface area contributed by atoms with Gasteiger partial charge in [0.15, 0.2) is 5.16 Å². The summed E-state index contributed by atoms with van der Waals surface area (Å²) >= 11 is 1.47. The van der Waals surface area contributed by atoms with Gasteiger partial charge in [0.05, 0.1) is 5.75 Å². The van der Waals surface area contributed by atoms with E-state index in [0.29, 0.717) is 11.7 Å². The second kappa shape index (κ2) is 8.52. The van der Waals surface area contributed by atoms with Crippen LogP contribution in [-0.2, 0) is 11.3 Å². The van der Waals surface area contributed by atoms with Crippen molar-refractivity contribution in [2.45, 2.75) is 63.6 Å². The van der Waals surface area contributed by atoms with Gasteiger partial charge in [-0.25, -0.2) is 0 Å². The van der Waals surface area contributed by atoms with Crippen molar-refractivity contribution in [3.8, 4) is 0 Å². The Labute approximate surface area is 153 Å². The van der Waals surface area contributed by atoms with Crippen molar-refractivity contribution in [1.82, 2.24) is 14.8 Å². The molecule has 134 valence electrons. The van der Waals surface area contributed by atoms with Gasteiger partial charge >= 0.3 is 0 Å². The van der Waals surface area contributed by atoms with Gasteiger partial charge in [0.25, 0.3) is 0 Å². The van der Waals surface area contributed by atoms with Gasteiger partial charge < -0.3 is 9.88 Å². The maximum absolute atomic E-state index is 12.2. The van der Waals surface area contributed by atoms with Crippen molar-refractivity contribution >= 4 is 23.4 Å². The summed E-state index contributed by atoms with van der Waals surface area (Å²) in [7, 11) is 0. The summed E-state index contributed by atoms with van der Waals surface area (Å²) in [6, 6.07) is 7.84. The zero-order valence-electron chi connectivity index (χ0n) is 15.0. The zero-order chi connectivity index (χ0) is 17.6. The summed E-state index contributed by atoms with van der Waals surface area (Å²) in [4.78, 5) is 12.2. The highest BCUT2D eigenvalue weighted by atomic mass is 32.2. The Morgan fingerprint density at radius 2 is 2.08 bits per heavy atom. The predicted octanol–water partition coefficient (Wildman–Crippen LogP) is 4.38. The van der Waals surface area contributed by atoms with Crippen molar-refractivity contribution in [2.24, 2.45) is 0 Å². The summed E-state index contributed by atoms with van der Waals surface area (Å²) in [6.45, 7) is 4.98. The molecule has 0 radical (unpaired) electrons. The molecule has 1 aromatic carbocycles. The van der Waals surface area contributed by atoms with Crippen molar-refractivity contribution in [3.05, 3.63) is 35.7 Å². The maximum atomic E-state index is 12.2. The van der Waals surface area contributed by atoms with Gasteiger partial charge in [-0.3, -0.25) is 4.79 Å². The first-order valence-corrected chi connectivity index (χ1v) is 10.1. The smallest absolute Gasteiger partial charge is 0.234 e. The number of hydrogen-bond acceptors (Lipinski definition) is 4. The third kappa shape index (κ3) is 4.63. The van der Waals surface area contributed by atoms with E-state index in [4.69, 9.17) is 0 Å². The van der Waals surface area contributed by atoms with Crippen LogP contribution in [0, 0.1) is 6.92 Å². The average Bonchev–Trinajstić information content (AvgIpc) is 3.03. The summed E-state index contributed by atoms with van der Waals surface area (Å²) in [6.07, 6.45) is 6.30. The van der Waals surface area contributed by atoms with Crippen molar-refractivity contribution in [1.29, 1.82) is 0 Å². The molecule has 5 nitrogen and oxygen atoms in total. The predicted molar refractivity (Wildman–Crippen MR) is 102 cm³/mol. The van der Waals surface area contributed by atoms with Crippen LogP contribution in [0.4, 0.5) is 5.69 Å². The molecule has 1 aliphatic rings. The van der Waals surface area contributed by atoms with Crippen LogP contribution in [0.5, 0.6) is 0 Å². The van der Waals surface area contributed by atoms with E-state index in [9.17, 15) is 4.79 Å². The molecule has 0 bridgehead atoms. The molecule has 0 saturated heterocycles. The molecular weight excluding hydrogens is 332 g/mol. The third-order valence-electron chi connectivity index (χ3n) is 4.67. The molecule has 25 heavy (non-hydrogen) atoms. The van der Waals surface area contributed by atoms with E-state index < -0.39 is 0 Å². The van der Waals surface area contributed by atoms with E-state index in [1.165, 1.54) is 43.9 Å². The first kappa shape index (κ1) is 18.0. The van der Waals surface area contributed by atoms with Gasteiger partial charge in [-0.15, -0.1) is 10.2 Å². The van der Waals surface area contributed by atoms with Crippen molar-refractivity contribution in [3.63, 3.8) is 0 Å². The van der Waals surface area contributed by atoms with Gasteiger partial charge in [-0.05, 0) is 44.4 Å². The number of thioether (sulfide) groups is 1. The van der Waals surface area contributed by atoms with E-state index in [1.54, 1.807) is 0 Å². The minimum atomic E-state index is -0.0135. The van der Waals surface area contributed by atoms with Crippen LogP contribution in [0.1, 0.15) is 56.3 Å². The van der Waals surface area contributed by atoms with Gasteiger partial charge in [-0.2, -0.15) is 0 Å². The Kier molecular flexibility index (Phi) is 6.13. The molecule has 1 aliphatic carbocycles. The molecule has 1 aromatic heterocycles. The second-order valence-corrected chi connectivity index (χ2v) is 7.57. The average molecular weight is 359 g/mol. The van der Waals surface area contributed by atoms with Crippen molar-refractivity contribution in [2.75, 3.05) is 11.1 Å². The number of hydrogen-bond donors (Lipinski definition) is 1. The first-order valence-electron chi connectivity index (χ1n) is 9.09. The maximum Gasteiger partial charge on any atom is 0.234 e. The number of amides is 1. The summed E-state index contributed by atoms with van der Waals surface area (Å²) in [5.74, 6) is 1.96. The molecule has 0 unspecified atom stereocenters. The van der Waals surface area contributed by atoms with E-state index in [0.717, 1.165) is 28.8 Å². The molecule has 2 aromatic rings. The van der Waals surface area contributed by atoms with Crippen LogP contribution in [0.25, 0.3) is 0 Å². The number of aryl methyl sites for hydroxylation is 1. The van der Waals surface area contributed by atoms with Crippen LogP contribution in [0.3, 0.4) is 0 Å². The van der Waals surface area contributed by atoms with Crippen LogP contribution in [0.15, 0.2) is 29.4 Å². The Balaban J connectivity index is 1.60. The lowest BCUT2D eigenvalue weighted by Gasteiger charge is -2.21. The fraction of sp³-hybridized carbons (Fsp3) is 0.526. The number of nitrogens with one attached hydrogen (secondary N) is 1. The van der Waals surface area contributed by atoms with Crippen molar-refractivity contribution < 1.29 is 4.79 Å². The van der Waals surface area contributed by atoms with Crippen LogP contribution >= 0.6 is 11.8 Å².